The molecule has 4 rings (SSSR count). The van der Waals surface area contributed by atoms with Crippen LogP contribution in [0.3, 0.4) is 0 Å². The highest BCUT2D eigenvalue weighted by Gasteiger charge is 2.44. The molecular formula is C30H32N2O10S4. The number of esters is 2. The summed E-state index contributed by atoms with van der Waals surface area (Å²) in [6, 6.07) is 11.4. The summed E-state index contributed by atoms with van der Waals surface area (Å²) < 4.78 is 10.6. The molecule has 2 heterocycles. The molecule has 246 valence electrons. The Morgan fingerprint density at radius 3 is 1.41 bits per heavy atom. The summed E-state index contributed by atoms with van der Waals surface area (Å²) in [6.07, 6.45) is 0.0854. The van der Waals surface area contributed by atoms with E-state index in [-0.39, 0.29) is 47.7 Å². The minimum atomic E-state index is -1.12. The lowest BCUT2D eigenvalue weighted by Crippen LogP contribution is -2.43. The molecule has 2 aromatic carbocycles. The van der Waals surface area contributed by atoms with Crippen molar-refractivity contribution in [2.24, 2.45) is 0 Å². The van der Waals surface area contributed by atoms with Gasteiger partial charge in [0.05, 0.1) is 0 Å². The van der Waals surface area contributed by atoms with Crippen LogP contribution in [0, 0.1) is 0 Å². The standard InChI is InChI=1S/C30H32N2O10S4/c1-17(33)41-23-9-5-3-7-19(23)27-31(21(15-43-27)29(37)38)25(35)11-13-45-46-14-12-26(36)32-22(30(39)40)16-44-28(32)20-8-4-6-10-24(20)42-18(2)34/h3-10,21-22,27-28H,11-16H2,1-2H3,(H,37,38)(H,39,40)/t21-,22-,27?,28?/m0/s1. The number of carbonyl (C=O) groups excluding carboxylic acids is 4. The fraction of sp³-hybridized carbons (Fsp3) is 0.400. The number of carboxylic acid groups (broad SMARTS) is 2. The van der Waals surface area contributed by atoms with Crippen LogP contribution in [0.1, 0.15) is 48.6 Å². The van der Waals surface area contributed by atoms with Crippen LogP contribution >= 0.6 is 45.1 Å². The van der Waals surface area contributed by atoms with Crippen LogP contribution < -0.4 is 9.47 Å². The zero-order valence-corrected chi connectivity index (χ0v) is 28.1. The lowest BCUT2D eigenvalue weighted by Gasteiger charge is -2.28. The van der Waals surface area contributed by atoms with Gasteiger partial charge >= 0.3 is 23.9 Å². The molecule has 16 heteroatoms. The van der Waals surface area contributed by atoms with E-state index >= 15 is 0 Å². The van der Waals surface area contributed by atoms with Gasteiger partial charge in [0.15, 0.2) is 0 Å². The van der Waals surface area contributed by atoms with E-state index in [4.69, 9.17) is 9.47 Å². The topological polar surface area (TPSA) is 168 Å². The van der Waals surface area contributed by atoms with Crippen LogP contribution in [-0.2, 0) is 28.8 Å². The van der Waals surface area contributed by atoms with Crippen molar-refractivity contribution in [2.75, 3.05) is 23.0 Å². The summed E-state index contributed by atoms with van der Waals surface area (Å²) in [7, 11) is 2.71. The summed E-state index contributed by atoms with van der Waals surface area (Å²) >= 11 is 2.57. The van der Waals surface area contributed by atoms with Gasteiger partial charge in [0.2, 0.25) is 11.8 Å². The first-order valence-electron chi connectivity index (χ1n) is 14.1. The average Bonchev–Trinajstić information content (AvgIpc) is 3.64. The van der Waals surface area contributed by atoms with Crippen LogP contribution in [0.5, 0.6) is 11.5 Å². The second-order valence-electron chi connectivity index (χ2n) is 10.1. The predicted octanol–water partition coefficient (Wildman–Crippen LogP) is 4.45. The highest BCUT2D eigenvalue weighted by atomic mass is 33.1. The van der Waals surface area contributed by atoms with Gasteiger partial charge in [0, 0.05) is 60.8 Å². The number of carbonyl (C=O) groups is 6. The molecule has 46 heavy (non-hydrogen) atoms. The van der Waals surface area contributed by atoms with Gasteiger partial charge in [-0.25, -0.2) is 9.59 Å². The maximum Gasteiger partial charge on any atom is 0.327 e. The number of thioether (sulfide) groups is 2. The summed E-state index contributed by atoms with van der Waals surface area (Å²) in [5, 5.41) is 18.3. The lowest BCUT2D eigenvalue weighted by molar-refractivity contribution is -0.149. The van der Waals surface area contributed by atoms with Gasteiger partial charge in [-0.2, -0.15) is 0 Å². The lowest BCUT2D eigenvalue weighted by atomic mass is 10.1. The Morgan fingerprint density at radius 2 is 1.07 bits per heavy atom. The van der Waals surface area contributed by atoms with Crippen molar-refractivity contribution in [3.8, 4) is 11.5 Å². The van der Waals surface area contributed by atoms with Gasteiger partial charge in [0.25, 0.3) is 0 Å². The van der Waals surface area contributed by atoms with Gasteiger partial charge in [-0.05, 0) is 12.1 Å². The molecule has 12 nitrogen and oxygen atoms in total. The quantitative estimate of drug-likeness (QED) is 0.130. The molecule has 0 aliphatic carbocycles. The minimum Gasteiger partial charge on any atom is -0.480 e. The Labute approximate surface area is 281 Å². The van der Waals surface area contributed by atoms with Gasteiger partial charge in [-0.15, -0.1) is 23.5 Å². The van der Waals surface area contributed by atoms with Crippen molar-refractivity contribution in [3.63, 3.8) is 0 Å². The number of hydrogen-bond donors (Lipinski definition) is 2. The fourth-order valence-corrected chi connectivity index (χ4v) is 9.87. The molecule has 2 aromatic rings. The zero-order valence-electron chi connectivity index (χ0n) is 24.9. The first-order valence-corrected chi connectivity index (χ1v) is 18.7. The Hall–Kier alpha value is -3.34. The number of rotatable bonds is 13. The highest BCUT2D eigenvalue weighted by Crippen LogP contribution is 2.46. The van der Waals surface area contributed by atoms with Gasteiger partial charge in [0.1, 0.15) is 34.3 Å². The molecule has 2 unspecified atom stereocenters. The smallest absolute Gasteiger partial charge is 0.327 e. The van der Waals surface area contributed by atoms with Gasteiger partial charge in [-0.3, -0.25) is 19.2 Å². The van der Waals surface area contributed by atoms with Crippen LogP contribution in [-0.4, -0.2) is 90.8 Å². The number of ether oxygens (including phenoxy) is 2. The molecule has 2 N–H and O–H groups in total. The number of benzene rings is 2. The van der Waals surface area contributed by atoms with Crippen molar-refractivity contribution < 1.29 is 48.5 Å². The normalized spacial score (nSPS) is 20.7. The third kappa shape index (κ3) is 8.72. The molecule has 0 radical (unpaired) electrons. The van der Waals surface area contributed by atoms with Gasteiger partial charge in [-0.1, -0.05) is 58.0 Å². The summed E-state index contributed by atoms with van der Waals surface area (Å²) in [4.78, 5) is 76.5. The van der Waals surface area contributed by atoms with E-state index in [1.54, 1.807) is 48.5 Å². The largest absolute Gasteiger partial charge is 0.480 e. The van der Waals surface area contributed by atoms with E-state index < -0.39 is 46.7 Å². The Kier molecular flexibility index (Phi) is 12.7. The Balaban J connectivity index is 1.33. The number of aliphatic carboxylic acids is 2. The molecule has 2 saturated heterocycles. The monoisotopic (exact) mass is 708 g/mol. The van der Waals surface area contributed by atoms with Crippen LogP contribution in [0.25, 0.3) is 0 Å². The van der Waals surface area contributed by atoms with E-state index in [1.165, 1.54) is 68.8 Å². The summed E-state index contributed by atoms with van der Waals surface area (Å²) in [6.45, 7) is 2.53. The second-order valence-corrected chi connectivity index (χ2v) is 15.0. The Morgan fingerprint density at radius 1 is 0.696 bits per heavy atom. The van der Waals surface area contributed by atoms with Crippen LogP contribution in [0.2, 0.25) is 0 Å². The van der Waals surface area contributed by atoms with Crippen molar-refractivity contribution in [2.45, 2.75) is 49.5 Å². The van der Waals surface area contributed by atoms with Crippen LogP contribution in [0.4, 0.5) is 0 Å². The van der Waals surface area contributed by atoms with Crippen molar-refractivity contribution in [3.05, 3.63) is 59.7 Å². The minimum absolute atomic E-state index is 0.0427. The van der Waals surface area contributed by atoms with E-state index in [1.807, 2.05) is 0 Å². The number of carboxylic acids is 2. The molecule has 4 atom stereocenters. The predicted molar refractivity (Wildman–Crippen MR) is 177 cm³/mol. The molecule has 0 aromatic heterocycles. The van der Waals surface area contributed by atoms with Crippen molar-refractivity contribution in [1.29, 1.82) is 0 Å². The molecule has 2 aliphatic heterocycles. The third-order valence-electron chi connectivity index (χ3n) is 6.91. The number of amides is 2. The number of nitrogens with zero attached hydrogens (tertiary/aromatic N) is 2. The molecule has 2 fully saturated rings. The van der Waals surface area contributed by atoms with E-state index in [0.29, 0.717) is 22.6 Å². The number of para-hydroxylation sites is 2. The molecule has 2 aliphatic rings. The first kappa shape index (κ1) is 35.5. The Bertz CT molecular complexity index is 1380. The molecule has 0 spiro atoms. The molecule has 0 bridgehead atoms. The fourth-order valence-electron chi connectivity index (χ4n) is 4.98. The van der Waals surface area contributed by atoms with Crippen molar-refractivity contribution in [1.82, 2.24) is 9.80 Å². The van der Waals surface area contributed by atoms with E-state index in [9.17, 15) is 39.0 Å². The van der Waals surface area contributed by atoms with Gasteiger partial charge < -0.3 is 29.5 Å². The summed E-state index contributed by atoms with van der Waals surface area (Å²) in [5.74, 6) is -2.43. The highest BCUT2D eigenvalue weighted by molar-refractivity contribution is 8.76. The molecular weight excluding hydrogens is 677 g/mol. The zero-order chi connectivity index (χ0) is 33.4. The van der Waals surface area contributed by atoms with Crippen molar-refractivity contribution >= 4 is 80.8 Å². The third-order valence-corrected chi connectivity index (χ3v) is 11.9. The average molecular weight is 709 g/mol. The van der Waals surface area contributed by atoms with E-state index in [0.717, 1.165) is 0 Å². The summed E-state index contributed by atoms with van der Waals surface area (Å²) in [5.41, 5.74) is 1.07. The number of hydrogen-bond acceptors (Lipinski definition) is 12. The second kappa shape index (κ2) is 16.5. The SMILES string of the molecule is CC(=O)Oc1ccccc1C1SC[C@@H](C(=O)O)N1C(=O)CCSSCCC(=O)N1C(c2ccccc2OC(C)=O)SC[C@H]1C(=O)O. The van der Waals surface area contributed by atoms with E-state index in [2.05, 4.69) is 0 Å². The maximum atomic E-state index is 13.3. The maximum absolute atomic E-state index is 13.3. The van der Waals surface area contributed by atoms with Crippen LogP contribution in [0.15, 0.2) is 48.5 Å². The molecule has 2 amide bonds. The molecule has 0 saturated carbocycles. The first-order chi connectivity index (χ1) is 22.0.